The second-order valence-corrected chi connectivity index (χ2v) is 4.88. The molecular weight excluding hydrogens is 277 g/mol. The summed E-state index contributed by atoms with van der Waals surface area (Å²) in [4.78, 5) is 0.990. The highest BCUT2D eigenvalue weighted by Crippen LogP contribution is 2.30. The largest absolute Gasteiger partial charge is 0.411 e. The summed E-state index contributed by atoms with van der Waals surface area (Å²) >= 11 is 1.54. The molecule has 1 heterocycles. The number of nitrogens with two attached hydrogens (primary N) is 1. The van der Waals surface area contributed by atoms with Crippen molar-refractivity contribution < 1.29 is 17.9 Å². The number of benzene rings is 1. The lowest BCUT2D eigenvalue weighted by Crippen LogP contribution is -2.18. The SMILES string of the molecule is CSc1cc(N)cc2c1ccn2COCC(F)(F)F. The van der Waals surface area contributed by atoms with E-state index in [1.54, 1.807) is 16.8 Å². The highest BCUT2D eigenvalue weighted by atomic mass is 32.2. The topological polar surface area (TPSA) is 40.2 Å². The Morgan fingerprint density at radius 3 is 2.74 bits per heavy atom. The van der Waals surface area contributed by atoms with Gasteiger partial charge in [-0.15, -0.1) is 11.8 Å². The molecule has 0 saturated carbocycles. The minimum atomic E-state index is -4.31. The van der Waals surface area contributed by atoms with Gasteiger partial charge in [0, 0.05) is 22.2 Å². The molecule has 0 fully saturated rings. The molecule has 2 aromatic rings. The molecule has 0 aliphatic carbocycles. The molecule has 1 aromatic carbocycles. The molecule has 104 valence electrons. The number of fused-ring (bicyclic) bond motifs is 1. The van der Waals surface area contributed by atoms with Gasteiger partial charge < -0.3 is 15.0 Å². The van der Waals surface area contributed by atoms with Gasteiger partial charge in [0.15, 0.2) is 0 Å². The quantitative estimate of drug-likeness (QED) is 0.692. The van der Waals surface area contributed by atoms with Crippen molar-refractivity contribution in [2.75, 3.05) is 18.6 Å². The van der Waals surface area contributed by atoms with E-state index in [-0.39, 0.29) is 6.73 Å². The predicted octanol–water partition coefficient (Wildman–Crippen LogP) is 3.48. The third kappa shape index (κ3) is 3.36. The molecule has 0 atom stereocenters. The molecule has 0 spiro atoms. The van der Waals surface area contributed by atoms with Crippen molar-refractivity contribution in [2.45, 2.75) is 17.8 Å². The molecular formula is C12H13F3N2OS. The number of nitrogens with zero attached hydrogens (tertiary/aromatic N) is 1. The number of hydrogen-bond donors (Lipinski definition) is 1. The van der Waals surface area contributed by atoms with Crippen LogP contribution in [0.3, 0.4) is 0 Å². The van der Waals surface area contributed by atoms with Crippen molar-refractivity contribution in [3.05, 3.63) is 24.4 Å². The lowest BCUT2D eigenvalue weighted by Gasteiger charge is -2.10. The zero-order valence-electron chi connectivity index (χ0n) is 10.2. The number of halogens is 3. The summed E-state index contributed by atoms with van der Waals surface area (Å²) in [6.45, 7) is -1.41. The van der Waals surface area contributed by atoms with E-state index in [0.29, 0.717) is 5.69 Å². The van der Waals surface area contributed by atoms with Gasteiger partial charge in [-0.3, -0.25) is 0 Å². The maximum Gasteiger partial charge on any atom is 0.411 e. The van der Waals surface area contributed by atoms with E-state index in [9.17, 15) is 13.2 Å². The number of alkyl halides is 3. The van der Waals surface area contributed by atoms with Crippen molar-refractivity contribution in [3.8, 4) is 0 Å². The first kappa shape index (κ1) is 14.1. The molecule has 0 unspecified atom stereocenters. The summed E-state index contributed by atoms with van der Waals surface area (Å²) in [6, 6.07) is 5.41. The molecule has 0 amide bonds. The molecule has 0 aliphatic heterocycles. The number of thioether (sulfide) groups is 1. The smallest absolute Gasteiger partial charge is 0.399 e. The fraction of sp³-hybridized carbons (Fsp3) is 0.333. The summed E-state index contributed by atoms with van der Waals surface area (Å²) in [5, 5.41) is 0.956. The lowest BCUT2D eigenvalue weighted by molar-refractivity contribution is -0.181. The van der Waals surface area contributed by atoms with Crippen LogP contribution in [0.15, 0.2) is 29.3 Å². The zero-order chi connectivity index (χ0) is 14.0. The summed E-state index contributed by atoms with van der Waals surface area (Å²) in [6.07, 6.45) is -0.696. The summed E-state index contributed by atoms with van der Waals surface area (Å²) < 4.78 is 42.3. The van der Waals surface area contributed by atoms with Gasteiger partial charge in [0.1, 0.15) is 13.3 Å². The van der Waals surface area contributed by atoms with Gasteiger partial charge in [0.25, 0.3) is 0 Å². The summed E-state index contributed by atoms with van der Waals surface area (Å²) in [7, 11) is 0. The predicted molar refractivity (Wildman–Crippen MR) is 70.1 cm³/mol. The minimum Gasteiger partial charge on any atom is -0.399 e. The van der Waals surface area contributed by atoms with Crippen LogP contribution in [0.2, 0.25) is 0 Å². The van der Waals surface area contributed by atoms with E-state index in [1.165, 1.54) is 11.8 Å². The van der Waals surface area contributed by atoms with E-state index in [0.717, 1.165) is 15.8 Å². The molecule has 1 aromatic heterocycles. The first-order valence-electron chi connectivity index (χ1n) is 5.47. The highest BCUT2D eigenvalue weighted by molar-refractivity contribution is 7.98. The normalized spacial score (nSPS) is 12.2. The van der Waals surface area contributed by atoms with E-state index in [1.807, 2.05) is 18.4 Å². The maximum absolute atomic E-state index is 12.0. The van der Waals surface area contributed by atoms with Crippen LogP contribution in [0.25, 0.3) is 10.9 Å². The van der Waals surface area contributed by atoms with Gasteiger partial charge in [-0.2, -0.15) is 13.2 Å². The summed E-state index contributed by atoms with van der Waals surface area (Å²) in [5.74, 6) is 0. The van der Waals surface area contributed by atoms with Crippen LogP contribution >= 0.6 is 11.8 Å². The monoisotopic (exact) mass is 290 g/mol. The van der Waals surface area contributed by atoms with E-state index < -0.39 is 12.8 Å². The first-order chi connectivity index (χ1) is 8.90. The fourth-order valence-corrected chi connectivity index (χ4v) is 2.47. The second-order valence-electron chi connectivity index (χ2n) is 4.03. The van der Waals surface area contributed by atoms with Gasteiger partial charge in [0.05, 0.1) is 5.52 Å². The van der Waals surface area contributed by atoms with Gasteiger partial charge >= 0.3 is 6.18 Å². The van der Waals surface area contributed by atoms with Crippen LogP contribution in [-0.2, 0) is 11.5 Å². The van der Waals surface area contributed by atoms with Gasteiger partial charge in [-0.25, -0.2) is 0 Å². The van der Waals surface area contributed by atoms with Gasteiger partial charge in [-0.05, 0) is 24.5 Å². The van der Waals surface area contributed by atoms with Crippen molar-refractivity contribution >= 4 is 28.4 Å². The van der Waals surface area contributed by atoms with E-state index in [2.05, 4.69) is 4.74 Å². The maximum atomic E-state index is 12.0. The van der Waals surface area contributed by atoms with Crippen molar-refractivity contribution in [2.24, 2.45) is 0 Å². The Balaban J connectivity index is 2.23. The average molecular weight is 290 g/mol. The average Bonchev–Trinajstić information content (AvgIpc) is 2.70. The van der Waals surface area contributed by atoms with Crippen LogP contribution in [-0.4, -0.2) is 23.6 Å². The fourth-order valence-electron chi connectivity index (χ4n) is 1.82. The molecule has 0 saturated heterocycles. The Labute approximate surface area is 112 Å². The molecule has 2 rings (SSSR count). The Hall–Kier alpha value is -1.34. The van der Waals surface area contributed by atoms with Crippen molar-refractivity contribution in [1.82, 2.24) is 4.57 Å². The van der Waals surface area contributed by atoms with Crippen LogP contribution < -0.4 is 5.73 Å². The van der Waals surface area contributed by atoms with E-state index >= 15 is 0 Å². The van der Waals surface area contributed by atoms with Gasteiger partial charge in [-0.1, -0.05) is 0 Å². The molecule has 0 aliphatic rings. The molecule has 2 N–H and O–H groups in total. The minimum absolute atomic E-state index is 0.152. The number of ether oxygens (including phenoxy) is 1. The Kier molecular flexibility index (Phi) is 3.96. The van der Waals surface area contributed by atoms with Crippen LogP contribution in [0.4, 0.5) is 18.9 Å². The third-order valence-corrected chi connectivity index (χ3v) is 3.37. The zero-order valence-corrected chi connectivity index (χ0v) is 11.0. The third-order valence-electron chi connectivity index (χ3n) is 2.59. The van der Waals surface area contributed by atoms with Crippen LogP contribution in [0.5, 0.6) is 0 Å². The van der Waals surface area contributed by atoms with Crippen LogP contribution in [0, 0.1) is 0 Å². The number of aromatic nitrogens is 1. The van der Waals surface area contributed by atoms with Crippen molar-refractivity contribution in [3.63, 3.8) is 0 Å². The molecule has 7 heteroatoms. The Morgan fingerprint density at radius 2 is 2.11 bits per heavy atom. The van der Waals surface area contributed by atoms with Crippen LogP contribution in [0.1, 0.15) is 0 Å². The number of rotatable bonds is 4. The Bertz CT molecular complexity index is 580. The van der Waals surface area contributed by atoms with E-state index in [4.69, 9.17) is 5.73 Å². The molecule has 0 radical (unpaired) electrons. The standard InChI is InChI=1S/C12H13F3N2OS/c1-19-11-5-8(16)4-10-9(11)2-3-17(10)7-18-6-12(13,14)15/h2-5H,6-7,16H2,1H3. The Morgan fingerprint density at radius 1 is 1.37 bits per heavy atom. The lowest BCUT2D eigenvalue weighted by atomic mass is 10.2. The number of hydrogen-bond acceptors (Lipinski definition) is 3. The molecule has 3 nitrogen and oxygen atoms in total. The number of nitrogen functional groups attached to an aromatic ring is 1. The summed E-state index contributed by atoms with van der Waals surface area (Å²) in [5.41, 5.74) is 7.13. The molecule has 19 heavy (non-hydrogen) atoms. The van der Waals surface area contributed by atoms with Crippen molar-refractivity contribution in [1.29, 1.82) is 0 Å². The second kappa shape index (κ2) is 5.34. The highest BCUT2D eigenvalue weighted by Gasteiger charge is 2.27. The molecule has 0 bridgehead atoms. The number of anilines is 1. The first-order valence-corrected chi connectivity index (χ1v) is 6.70. The van der Waals surface area contributed by atoms with Gasteiger partial charge in [0.2, 0.25) is 0 Å².